The lowest BCUT2D eigenvalue weighted by Gasteiger charge is -2.39. The number of likely N-dealkylation sites (tertiary alicyclic amines) is 1. The molecule has 3 rings (SSSR count). The van der Waals surface area contributed by atoms with Gasteiger partial charge in [0.25, 0.3) is 5.91 Å². The minimum absolute atomic E-state index is 0.0796. The Labute approximate surface area is 183 Å². The van der Waals surface area contributed by atoms with Gasteiger partial charge in [-0.25, -0.2) is 4.39 Å². The van der Waals surface area contributed by atoms with Gasteiger partial charge in [-0.1, -0.05) is 32.6 Å². The average molecular weight is 432 g/mol. The molecule has 1 aliphatic heterocycles. The van der Waals surface area contributed by atoms with Crippen molar-refractivity contribution in [3.8, 4) is 0 Å². The van der Waals surface area contributed by atoms with E-state index in [1.165, 1.54) is 24.3 Å². The van der Waals surface area contributed by atoms with Gasteiger partial charge in [0.1, 0.15) is 11.4 Å². The lowest BCUT2D eigenvalue weighted by molar-refractivity contribution is -0.137. The molecule has 1 saturated heterocycles. The molecule has 7 heteroatoms. The monoisotopic (exact) mass is 431 g/mol. The first kappa shape index (κ1) is 23.2. The van der Waals surface area contributed by atoms with Crippen LogP contribution in [-0.4, -0.2) is 47.8 Å². The number of carbonyl (C=O) groups excluding carboxylic acids is 3. The fraction of sp³-hybridized carbons (Fsp3) is 0.625. The molecule has 2 N–H and O–H groups in total. The summed E-state index contributed by atoms with van der Waals surface area (Å²) >= 11 is 0. The van der Waals surface area contributed by atoms with Crippen LogP contribution in [0.2, 0.25) is 0 Å². The number of halogens is 1. The van der Waals surface area contributed by atoms with Gasteiger partial charge in [0.15, 0.2) is 0 Å². The van der Waals surface area contributed by atoms with E-state index in [0.29, 0.717) is 44.5 Å². The van der Waals surface area contributed by atoms with Crippen molar-refractivity contribution in [3.05, 3.63) is 35.6 Å². The number of rotatable bonds is 7. The fourth-order valence-electron chi connectivity index (χ4n) is 4.60. The molecule has 3 amide bonds. The van der Waals surface area contributed by atoms with Gasteiger partial charge in [-0.15, -0.1) is 0 Å². The lowest BCUT2D eigenvalue weighted by Crippen LogP contribution is -2.61. The molecule has 1 heterocycles. The molecule has 1 aliphatic carbocycles. The van der Waals surface area contributed by atoms with Gasteiger partial charge in [-0.3, -0.25) is 14.4 Å². The Balaban J connectivity index is 1.65. The normalized spacial score (nSPS) is 20.7. The van der Waals surface area contributed by atoms with Crippen molar-refractivity contribution in [1.82, 2.24) is 15.5 Å². The van der Waals surface area contributed by atoms with E-state index in [4.69, 9.17) is 0 Å². The van der Waals surface area contributed by atoms with E-state index in [1.54, 1.807) is 4.90 Å². The SMILES string of the molecule is CCCCNC(=O)C1(NC(=O)C2CCCN(C(=O)c3ccc(F)cc3)C2)CCCCC1. The lowest BCUT2D eigenvalue weighted by atomic mass is 9.80. The summed E-state index contributed by atoms with van der Waals surface area (Å²) in [6.07, 6.45) is 7.54. The molecule has 31 heavy (non-hydrogen) atoms. The molecule has 0 radical (unpaired) electrons. The number of hydrogen-bond acceptors (Lipinski definition) is 3. The second-order valence-electron chi connectivity index (χ2n) is 8.84. The van der Waals surface area contributed by atoms with E-state index in [1.807, 2.05) is 0 Å². The molecule has 1 atom stereocenters. The topological polar surface area (TPSA) is 78.5 Å². The van der Waals surface area contributed by atoms with E-state index < -0.39 is 5.54 Å². The van der Waals surface area contributed by atoms with Crippen LogP contribution in [0.4, 0.5) is 4.39 Å². The number of hydrogen-bond donors (Lipinski definition) is 2. The van der Waals surface area contributed by atoms with Crippen molar-refractivity contribution >= 4 is 17.7 Å². The number of piperidine rings is 1. The maximum absolute atomic E-state index is 13.2. The van der Waals surface area contributed by atoms with Crippen molar-refractivity contribution in [1.29, 1.82) is 0 Å². The minimum Gasteiger partial charge on any atom is -0.354 e. The Bertz CT molecular complexity index is 775. The number of benzene rings is 1. The number of unbranched alkanes of at least 4 members (excludes halogenated alkanes) is 1. The third-order valence-corrected chi connectivity index (χ3v) is 6.49. The zero-order valence-electron chi connectivity index (χ0n) is 18.4. The Morgan fingerprint density at radius 3 is 2.48 bits per heavy atom. The Morgan fingerprint density at radius 2 is 1.81 bits per heavy atom. The molecule has 6 nitrogen and oxygen atoms in total. The highest BCUT2D eigenvalue weighted by Crippen LogP contribution is 2.30. The fourth-order valence-corrected chi connectivity index (χ4v) is 4.60. The van der Waals surface area contributed by atoms with E-state index in [0.717, 1.165) is 38.5 Å². The second kappa shape index (κ2) is 10.7. The van der Waals surface area contributed by atoms with Crippen molar-refractivity contribution in [2.45, 2.75) is 70.3 Å². The number of nitrogens with one attached hydrogen (secondary N) is 2. The summed E-state index contributed by atoms with van der Waals surface area (Å²) in [5, 5.41) is 6.10. The number of amides is 3. The highest BCUT2D eigenvalue weighted by atomic mass is 19.1. The van der Waals surface area contributed by atoms with Gasteiger partial charge in [-0.2, -0.15) is 0 Å². The number of nitrogens with zero attached hydrogens (tertiary/aromatic N) is 1. The van der Waals surface area contributed by atoms with Gasteiger partial charge >= 0.3 is 0 Å². The highest BCUT2D eigenvalue weighted by molar-refractivity contribution is 5.95. The van der Waals surface area contributed by atoms with Crippen LogP contribution in [0.3, 0.4) is 0 Å². The van der Waals surface area contributed by atoms with Gasteiger partial charge < -0.3 is 15.5 Å². The zero-order valence-corrected chi connectivity index (χ0v) is 18.4. The first-order chi connectivity index (χ1) is 14.9. The largest absolute Gasteiger partial charge is 0.354 e. The maximum atomic E-state index is 13.2. The summed E-state index contributed by atoms with van der Waals surface area (Å²) in [4.78, 5) is 40.6. The maximum Gasteiger partial charge on any atom is 0.253 e. The van der Waals surface area contributed by atoms with Crippen LogP contribution >= 0.6 is 0 Å². The van der Waals surface area contributed by atoms with Crippen LogP contribution in [0.5, 0.6) is 0 Å². The Kier molecular flexibility index (Phi) is 8.04. The van der Waals surface area contributed by atoms with Crippen LogP contribution in [0, 0.1) is 11.7 Å². The number of carbonyl (C=O) groups is 3. The van der Waals surface area contributed by atoms with E-state index in [-0.39, 0.29) is 29.5 Å². The van der Waals surface area contributed by atoms with Crippen LogP contribution < -0.4 is 10.6 Å². The summed E-state index contributed by atoms with van der Waals surface area (Å²) < 4.78 is 13.2. The van der Waals surface area contributed by atoms with E-state index in [2.05, 4.69) is 17.6 Å². The molecular weight excluding hydrogens is 397 g/mol. The third kappa shape index (κ3) is 5.83. The summed E-state index contributed by atoms with van der Waals surface area (Å²) in [5.41, 5.74) is -0.423. The predicted molar refractivity (Wildman–Crippen MR) is 117 cm³/mol. The molecule has 2 fully saturated rings. The van der Waals surface area contributed by atoms with Gasteiger partial charge in [0.05, 0.1) is 5.92 Å². The van der Waals surface area contributed by atoms with Crippen molar-refractivity contribution in [2.24, 2.45) is 5.92 Å². The first-order valence-electron chi connectivity index (χ1n) is 11.6. The molecule has 0 bridgehead atoms. The summed E-state index contributed by atoms with van der Waals surface area (Å²) in [7, 11) is 0. The molecule has 1 aromatic carbocycles. The van der Waals surface area contributed by atoms with Crippen LogP contribution in [0.1, 0.15) is 75.1 Å². The molecule has 2 aliphatic rings. The quantitative estimate of drug-likeness (QED) is 0.650. The standard InChI is InChI=1S/C24H34FN3O3/c1-2-3-15-26-23(31)24(13-5-4-6-14-24)27-21(29)19-8-7-16-28(17-19)22(30)18-9-11-20(25)12-10-18/h9-12,19H,2-8,13-17H2,1H3,(H,26,31)(H,27,29). The predicted octanol–water partition coefficient (Wildman–Crippen LogP) is 3.41. The molecule has 1 saturated carbocycles. The van der Waals surface area contributed by atoms with E-state index in [9.17, 15) is 18.8 Å². The third-order valence-electron chi connectivity index (χ3n) is 6.49. The summed E-state index contributed by atoms with van der Waals surface area (Å²) in [5.74, 6) is -1.15. The first-order valence-corrected chi connectivity index (χ1v) is 11.6. The van der Waals surface area contributed by atoms with Gasteiger partial charge in [0, 0.05) is 25.2 Å². The smallest absolute Gasteiger partial charge is 0.253 e. The van der Waals surface area contributed by atoms with Crippen molar-refractivity contribution < 1.29 is 18.8 Å². The minimum atomic E-state index is -0.841. The molecule has 1 unspecified atom stereocenters. The highest BCUT2D eigenvalue weighted by Gasteiger charge is 2.42. The molecule has 0 aromatic heterocycles. The van der Waals surface area contributed by atoms with E-state index >= 15 is 0 Å². The molecular formula is C24H34FN3O3. The average Bonchev–Trinajstić information content (AvgIpc) is 2.80. The molecule has 170 valence electrons. The molecule has 0 spiro atoms. The van der Waals surface area contributed by atoms with Gasteiger partial charge in [0.2, 0.25) is 11.8 Å². The van der Waals surface area contributed by atoms with Crippen LogP contribution in [0.25, 0.3) is 0 Å². The van der Waals surface area contributed by atoms with Crippen molar-refractivity contribution in [3.63, 3.8) is 0 Å². The zero-order chi connectivity index (χ0) is 22.3. The Morgan fingerprint density at radius 1 is 1.10 bits per heavy atom. The Hall–Kier alpha value is -2.44. The van der Waals surface area contributed by atoms with Gasteiger partial charge in [-0.05, 0) is 56.4 Å². The van der Waals surface area contributed by atoms with Crippen LogP contribution in [-0.2, 0) is 9.59 Å². The molecule has 1 aromatic rings. The van der Waals surface area contributed by atoms with Crippen molar-refractivity contribution in [2.75, 3.05) is 19.6 Å². The summed E-state index contributed by atoms with van der Waals surface area (Å²) in [6.45, 7) is 3.58. The second-order valence-corrected chi connectivity index (χ2v) is 8.84. The summed E-state index contributed by atoms with van der Waals surface area (Å²) in [6, 6.07) is 5.48. The van der Waals surface area contributed by atoms with Crippen LogP contribution in [0.15, 0.2) is 24.3 Å².